The Morgan fingerprint density at radius 3 is 2.40 bits per heavy atom. The molecule has 0 saturated carbocycles. The van der Waals surface area contributed by atoms with Crippen LogP contribution in [-0.2, 0) is 20.8 Å². The Morgan fingerprint density at radius 1 is 1.30 bits per heavy atom. The highest BCUT2D eigenvalue weighted by Gasteiger charge is 2.18. The molecular weight excluding hydrogens is 258 g/mol. The van der Waals surface area contributed by atoms with Gasteiger partial charge in [0.2, 0.25) is 5.91 Å². The first-order chi connectivity index (χ1) is 9.71. The predicted molar refractivity (Wildman–Crippen MR) is 75.7 cm³/mol. The first kappa shape index (κ1) is 16.6. The molecule has 1 heterocycles. The second-order valence-electron chi connectivity index (χ2n) is 4.17. The number of aromatic nitrogens is 1. The number of nitrogens with two attached hydrogens (primary N) is 1. The summed E-state index contributed by atoms with van der Waals surface area (Å²) in [5, 5.41) is 0. The van der Waals surface area contributed by atoms with E-state index in [0.717, 1.165) is 5.56 Å². The van der Waals surface area contributed by atoms with E-state index < -0.39 is 6.29 Å². The average Bonchev–Trinajstić information content (AvgIpc) is 2.47. The van der Waals surface area contributed by atoms with Gasteiger partial charge in [0.25, 0.3) is 0 Å². The maximum Gasteiger partial charge on any atom is 0.236 e. The van der Waals surface area contributed by atoms with Gasteiger partial charge in [-0.15, -0.1) is 0 Å². The highest BCUT2D eigenvalue weighted by atomic mass is 16.7. The van der Waals surface area contributed by atoms with Crippen LogP contribution in [0.15, 0.2) is 24.5 Å². The standard InChI is InChI=1S/C14H23N3O3/c1-3-19-14(20-4-2)11-17(13(18)9-15)10-12-5-7-16-8-6-12/h5-8,14H,3-4,9-11,15H2,1-2H3. The monoisotopic (exact) mass is 281 g/mol. The molecule has 1 rings (SSSR count). The van der Waals surface area contributed by atoms with E-state index in [2.05, 4.69) is 4.98 Å². The second-order valence-corrected chi connectivity index (χ2v) is 4.17. The smallest absolute Gasteiger partial charge is 0.236 e. The van der Waals surface area contributed by atoms with Gasteiger partial charge < -0.3 is 20.1 Å². The van der Waals surface area contributed by atoms with Crippen molar-refractivity contribution in [3.63, 3.8) is 0 Å². The molecule has 0 aliphatic heterocycles. The van der Waals surface area contributed by atoms with Crippen molar-refractivity contribution in [2.24, 2.45) is 5.73 Å². The maximum absolute atomic E-state index is 11.9. The van der Waals surface area contributed by atoms with E-state index in [-0.39, 0.29) is 12.5 Å². The number of hydrogen-bond acceptors (Lipinski definition) is 5. The van der Waals surface area contributed by atoms with Gasteiger partial charge >= 0.3 is 0 Å². The van der Waals surface area contributed by atoms with Gasteiger partial charge in [0.1, 0.15) is 0 Å². The molecular formula is C14H23N3O3. The first-order valence-electron chi connectivity index (χ1n) is 6.81. The third kappa shape index (κ3) is 5.64. The summed E-state index contributed by atoms with van der Waals surface area (Å²) in [6.07, 6.45) is 2.97. The van der Waals surface area contributed by atoms with E-state index in [4.69, 9.17) is 15.2 Å². The lowest BCUT2D eigenvalue weighted by molar-refractivity contribution is -0.159. The molecule has 0 unspecified atom stereocenters. The lowest BCUT2D eigenvalue weighted by Gasteiger charge is -2.27. The van der Waals surface area contributed by atoms with Crippen LogP contribution in [0, 0.1) is 0 Å². The van der Waals surface area contributed by atoms with Crippen molar-refractivity contribution < 1.29 is 14.3 Å². The molecule has 0 bridgehead atoms. The van der Waals surface area contributed by atoms with Crippen LogP contribution in [0.25, 0.3) is 0 Å². The van der Waals surface area contributed by atoms with Crippen molar-refractivity contribution in [2.45, 2.75) is 26.7 Å². The highest BCUT2D eigenvalue weighted by Crippen LogP contribution is 2.07. The summed E-state index contributed by atoms with van der Waals surface area (Å²) in [4.78, 5) is 17.5. The van der Waals surface area contributed by atoms with Crippen molar-refractivity contribution in [2.75, 3.05) is 26.3 Å². The number of rotatable bonds is 9. The molecule has 1 aromatic rings. The van der Waals surface area contributed by atoms with Gasteiger partial charge in [-0.2, -0.15) is 0 Å². The van der Waals surface area contributed by atoms with Gasteiger partial charge in [0.05, 0.1) is 13.1 Å². The van der Waals surface area contributed by atoms with Crippen LogP contribution >= 0.6 is 0 Å². The molecule has 0 atom stereocenters. The number of carbonyl (C=O) groups is 1. The Balaban J connectivity index is 2.70. The summed E-state index contributed by atoms with van der Waals surface area (Å²) in [6, 6.07) is 3.74. The van der Waals surface area contributed by atoms with Gasteiger partial charge in [0.15, 0.2) is 6.29 Å². The minimum Gasteiger partial charge on any atom is -0.351 e. The maximum atomic E-state index is 11.9. The largest absolute Gasteiger partial charge is 0.351 e. The van der Waals surface area contributed by atoms with Crippen molar-refractivity contribution in [1.82, 2.24) is 9.88 Å². The van der Waals surface area contributed by atoms with Crippen molar-refractivity contribution >= 4 is 5.91 Å². The number of hydrogen-bond donors (Lipinski definition) is 1. The van der Waals surface area contributed by atoms with Crippen LogP contribution in [0.4, 0.5) is 0 Å². The lowest BCUT2D eigenvalue weighted by atomic mass is 10.2. The Labute approximate surface area is 119 Å². The molecule has 1 amide bonds. The van der Waals surface area contributed by atoms with E-state index in [1.807, 2.05) is 26.0 Å². The zero-order chi connectivity index (χ0) is 14.8. The van der Waals surface area contributed by atoms with Crippen molar-refractivity contribution in [3.05, 3.63) is 30.1 Å². The molecule has 0 spiro atoms. The summed E-state index contributed by atoms with van der Waals surface area (Å²) in [5.74, 6) is -0.133. The summed E-state index contributed by atoms with van der Waals surface area (Å²) in [7, 11) is 0. The zero-order valence-electron chi connectivity index (χ0n) is 12.1. The summed E-state index contributed by atoms with van der Waals surface area (Å²) in [5.41, 5.74) is 6.46. The van der Waals surface area contributed by atoms with Gasteiger partial charge in [-0.3, -0.25) is 9.78 Å². The molecule has 20 heavy (non-hydrogen) atoms. The van der Waals surface area contributed by atoms with Gasteiger partial charge in [0, 0.05) is 32.2 Å². The lowest BCUT2D eigenvalue weighted by Crippen LogP contribution is -2.42. The fourth-order valence-electron chi connectivity index (χ4n) is 1.80. The third-order valence-corrected chi connectivity index (χ3v) is 2.72. The van der Waals surface area contributed by atoms with Crippen LogP contribution in [0.1, 0.15) is 19.4 Å². The van der Waals surface area contributed by atoms with E-state index in [9.17, 15) is 4.79 Å². The van der Waals surface area contributed by atoms with Crippen molar-refractivity contribution in [3.8, 4) is 0 Å². The molecule has 0 aliphatic rings. The van der Waals surface area contributed by atoms with Crippen LogP contribution < -0.4 is 5.73 Å². The van der Waals surface area contributed by atoms with Gasteiger partial charge in [-0.1, -0.05) is 0 Å². The highest BCUT2D eigenvalue weighted by molar-refractivity contribution is 5.78. The molecule has 6 heteroatoms. The number of pyridine rings is 1. The van der Waals surface area contributed by atoms with Crippen LogP contribution in [0.3, 0.4) is 0 Å². The van der Waals surface area contributed by atoms with Gasteiger partial charge in [-0.25, -0.2) is 0 Å². The molecule has 6 nitrogen and oxygen atoms in total. The molecule has 1 aromatic heterocycles. The molecule has 0 radical (unpaired) electrons. The van der Waals surface area contributed by atoms with E-state index in [1.165, 1.54) is 0 Å². The third-order valence-electron chi connectivity index (χ3n) is 2.72. The Kier molecular flexibility index (Phi) is 7.79. The minimum absolute atomic E-state index is 0.0317. The van der Waals surface area contributed by atoms with Crippen molar-refractivity contribution in [1.29, 1.82) is 0 Å². The quantitative estimate of drug-likeness (QED) is 0.676. The number of ether oxygens (including phenoxy) is 2. The SMILES string of the molecule is CCOC(CN(Cc1ccncc1)C(=O)CN)OCC. The number of amides is 1. The second kappa shape index (κ2) is 9.41. The van der Waals surface area contributed by atoms with Crippen LogP contribution in [-0.4, -0.2) is 48.4 Å². The fourth-order valence-corrected chi connectivity index (χ4v) is 1.80. The Morgan fingerprint density at radius 2 is 1.90 bits per heavy atom. The van der Waals surface area contributed by atoms with Gasteiger partial charge in [-0.05, 0) is 31.5 Å². The molecule has 112 valence electrons. The fraction of sp³-hybridized carbons (Fsp3) is 0.571. The molecule has 0 fully saturated rings. The predicted octanol–water partition coefficient (Wildman–Crippen LogP) is 0.768. The van der Waals surface area contributed by atoms with E-state index in [1.54, 1.807) is 17.3 Å². The summed E-state index contributed by atoms with van der Waals surface area (Å²) < 4.78 is 11.0. The summed E-state index contributed by atoms with van der Waals surface area (Å²) >= 11 is 0. The average molecular weight is 281 g/mol. The van der Waals surface area contributed by atoms with Crippen LogP contribution in [0.2, 0.25) is 0 Å². The Hall–Kier alpha value is -1.50. The molecule has 0 aliphatic carbocycles. The topological polar surface area (TPSA) is 77.7 Å². The number of carbonyl (C=O) groups excluding carboxylic acids is 1. The first-order valence-corrected chi connectivity index (χ1v) is 6.81. The Bertz CT molecular complexity index is 381. The summed E-state index contributed by atoms with van der Waals surface area (Å²) in [6.45, 7) is 5.65. The van der Waals surface area contributed by atoms with Crippen LogP contribution in [0.5, 0.6) is 0 Å². The number of nitrogens with zero attached hydrogens (tertiary/aromatic N) is 2. The molecule has 0 saturated heterocycles. The zero-order valence-corrected chi connectivity index (χ0v) is 12.1. The molecule has 2 N–H and O–H groups in total. The van der Waals surface area contributed by atoms with E-state index in [0.29, 0.717) is 26.3 Å². The normalized spacial score (nSPS) is 10.8. The molecule has 0 aromatic carbocycles. The van der Waals surface area contributed by atoms with E-state index >= 15 is 0 Å². The minimum atomic E-state index is -0.428.